The van der Waals surface area contributed by atoms with Gasteiger partial charge in [-0.15, -0.1) is 0 Å². The van der Waals surface area contributed by atoms with Gasteiger partial charge in [0.2, 0.25) is 0 Å². The van der Waals surface area contributed by atoms with E-state index in [9.17, 15) is 4.79 Å². The number of hydrogen-bond donors (Lipinski definition) is 0. The molecular formula is C23H26O3S. The second-order valence-electron chi connectivity index (χ2n) is 8.23. The SMILES string of the molecule is CCCC(=O)Oc1ccc(C#Cc2ccc3c(c2)C(C)(C)CC(C)(C)O3)s1. The molecule has 4 heteroatoms. The monoisotopic (exact) mass is 382 g/mol. The van der Waals surface area contributed by atoms with E-state index in [4.69, 9.17) is 9.47 Å². The fraction of sp³-hybridized carbons (Fsp3) is 0.435. The van der Waals surface area contributed by atoms with Crippen LogP contribution >= 0.6 is 11.3 Å². The van der Waals surface area contributed by atoms with E-state index in [1.165, 1.54) is 16.9 Å². The van der Waals surface area contributed by atoms with Crippen molar-refractivity contribution in [1.29, 1.82) is 0 Å². The van der Waals surface area contributed by atoms with E-state index in [2.05, 4.69) is 45.6 Å². The summed E-state index contributed by atoms with van der Waals surface area (Å²) in [5, 5.41) is 0.597. The highest BCUT2D eigenvalue weighted by Gasteiger charge is 2.38. The first kappa shape index (κ1) is 19.5. The predicted octanol–water partition coefficient (Wildman–Crippen LogP) is 5.69. The molecule has 3 rings (SSSR count). The van der Waals surface area contributed by atoms with Crippen LogP contribution in [-0.4, -0.2) is 11.6 Å². The molecule has 0 unspecified atom stereocenters. The van der Waals surface area contributed by atoms with Gasteiger partial charge in [-0.3, -0.25) is 4.79 Å². The van der Waals surface area contributed by atoms with Crippen LogP contribution in [0.5, 0.6) is 10.8 Å². The number of rotatable bonds is 3. The van der Waals surface area contributed by atoms with Crippen molar-refractivity contribution >= 4 is 17.3 Å². The molecule has 3 nitrogen and oxygen atoms in total. The van der Waals surface area contributed by atoms with Crippen molar-refractivity contribution in [2.75, 3.05) is 0 Å². The molecule has 0 amide bonds. The molecule has 2 heterocycles. The number of ether oxygens (including phenoxy) is 2. The summed E-state index contributed by atoms with van der Waals surface area (Å²) < 4.78 is 11.4. The predicted molar refractivity (Wildman–Crippen MR) is 110 cm³/mol. The lowest BCUT2D eigenvalue weighted by atomic mass is 9.73. The van der Waals surface area contributed by atoms with Crippen molar-refractivity contribution in [2.45, 2.75) is 64.9 Å². The molecule has 0 N–H and O–H groups in total. The van der Waals surface area contributed by atoms with Gasteiger partial charge < -0.3 is 9.47 Å². The van der Waals surface area contributed by atoms with Crippen LogP contribution in [0, 0.1) is 11.8 Å². The molecule has 2 aromatic rings. The van der Waals surface area contributed by atoms with Gasteiger partial charge in [-0.25, -0.2) is 0 Å². The summed E-state index contributed by atoms with van der Waals surface area (Å²) in [5.74, 6) is 7.15. The third-order valence-corrected chi connectivity index (χ3v) is 5.42. The Hall–Kier alpha value is -2.25. The Bertz CT molecular complexity index is 909. The highest BCUT2D eigenvalue weighted by atomic mass is 32.1. The van der Waals surface area contributed by atoms with Gasteiger partial charge in [-0.2, -0.15) is 0 Å². The molecule has 0 saturated heterocycles. The first-order chi connectivity index (χ1) is 12.7. The van der Waals surface area contributed by atoms with Crippen LogP contribution in [-0.2, 0) is 10.2 Å². The zero-order valence-corrected chi connectivity index (χ0v) is 17.5. The molecule has 0 atom stereocenters. The smallest absolute Gasteiger partial charge is 0.311 e. The summed E-state index contributed by atoms with van der Waals surface area (Å²) in [6.45, 7) is 10.7. The molecule has 0 aliphatic carbocycles. The average molecular weight is 383 g/mol. The Labute approximate surface area is 165 Å². The van der Waals surface area contributed by atoms with Crippen LogP contribution in [0.4, 0.5) is 0 Å². The first-order valence-corrected chi connectivity index (χ1v) is 10.2. The summed E-state index contributed by atoms with van der Waals surface area (Å²) in [6, 6.07) is 9.84. The van der Waals surface area contributed by atoms with E-state index >= 15 is 0 Å². The molecule has 0 saturated carbocycles. The molecule has 0 spiro atoms. The average Bonchev–Trinajstić information content (AvgIpc) is 2.99. The highest BCUT2D eigenvalue weighted by Crippen LogP contribution is 2.44. The number of thiophene rings is 1. The minimum atomic E-state index is -0.196. The van der Waals surface area contributed by atoms with Gasteiger partial charge in [-0.05, 0) is 62.4 Å². The Balaban J connectivity index is 1.79. The molecule has 1 aliphatic rings. The lowest BCUT2D eigenvalue weighted by Gasteiger charge is -2.42. The van der Waals surface area contributed by atoms with Gasteiger partial charge in [0.05, 0.1) is 4.88 Å². The third-order valence-electron chi connectivity index (χ3n) is 4.54. The van der Waals surface area contributed by atoms with Crippen LogP contribution < -0.4 is 9.47 Å². The molecule has 1 aliphatic heterocycles. The quantitative estimate of drug-likeness (QED) is 0.505. The minimum absolute atomic E-state index is 0.0400. The summed E-state index contributed by atoms with van der Waals surface area (Å²) in [7, 11) is 0. The van der Waals surface area contributed by atoms with Crippen molar-refractivity contribution in [1.82, 2.24) is 0 Å². The number of carbonyl (C=O) groups is 1. The number of carbonyl (C=O) groups excluding carboxylic acids is 1. The van der Waals surface area contributed by atoms with Gasteiger partial charge in [-0.1, -0.05) is 43.9 Å². The van der Waals surface area contributed by atoms with Crippen LogP contribution in [0.3, 0.4) is 0 Å². The molecule has 1 aromatic carbocycles. The van der Waals surface area contributed by atoms with E-state index < -0.39 is 0 Å². The van der Waals surface area contributed by atoms with Crippen molar-refractivity contribution in [3.63, 3.8) is 0 Å². The van der Waals surface area contributed by atoms with Crippen LogP contribution in [0.2, 0.25) is 0 Å². The maximum absolute atomic E-state index is 11.6. The molecule has 142 valence electrons. The van der Waals surface area contributed by atoms with E-state index in [1.54, 1.807) is 6.07 Å². The summed E-state index contributed by atoms with van der Waals surface area (Å²) in [4.78, 5) is 12.5. The molecule has 0 bridgehead atoms. The Morgan fingerprint density at radius 1 is 1.19 bits per heavy atom. The lowest BCUT2D eigenvalue weighted by molar-refractivity contribution is -0.134. The molecule has 1 aromatic heterocycles. The lowest BCUT2D eigenvalue weighted by Crippen LogP contribution is -2.41. The first-order valence-electron chi connectivity index (χ1n) is 9.35. The van der Waals surface area contributed by atoms with Gasteiger partial charge >= 0.3 is 5.97 Å². The Morgan fingerprint density at radius 3 is 2.70 bits per heavy atom. The summed E-state index contributed by atoms with van der Waals surface area (Å²) in [5.41, 5.74) is 2.04. The highest BCUT2D eigenvalue weighted by molar-refractivity contribution is 7.14. The normalized spacial score (nSPS) is 16.5. The number of esters is 1. The maximum Gasteiger partial charge on any atom is 0.311 e. The van der Waals surface area contributed by atoms with Gasteiger partial charge in [0.25, 0.3) is 0 Å². The summed E-state index contributed by atoms with van der Waals surface area (Å²) in [6.07, 6.45) is 2.18. The zero-order chi connectivity index (χ0) is 19.7. The second-order valence-corrected chi connectivity index (χ2v) is 9.27. The maximum atomic E-state index is 11.6. The topological polar surface area (TPSA) is 35.5 Å². The number of hydrogen-bond acceptors (Lipinski definition) is 4. The largest absolute Gasteiger partial charge is 0.488 e. The minimum Gasteiger partial charge on any atom is -0.488 e. The third kappa shape index (κ3) is 4.73. The molecule has 0 radical (unpaired) electrons. The van der Waals surface area contributed by atoms with Crippen LogP contribution in [0.1, 0.15) is 69.9 Å². The van der Waals surface area contributed by atoms with Crippen molar-refractivity contribution in [3.05, 3.63) is 46.3 Å². The van der Waals surface area contributed by atoms with E-state index in [0.717, 1.165) is 29.0 Å². The summed E-state index contributed by atoms with van der Waals surface area (Å²) >= 11 is 1.39. The molecule has 0 fully saturated rings. The van der Waals surface area contributed by atoms with Gasteiger partial charge in [0.15, 0.2) is 5.06 Å². The van der Waals surface area contributed by atoms with E-state index in [-0.39, 0.29) is 17.0 Å². The van der Waals surface area contributed by atoms with Crippen molar-refractivity contribution in [3.8, 4) is 22.7 Å². The molecule has 27 heavy (non-hydrogen) atoms. The fourth-order valence-electron chi connectivity index (χ4n) is 3.66. The Morgan fingerprint density at radius 2 is 1.96 bits per heavy atom. The molecular weight excluding hydrogens is 356 g/mol. The zero-order valence-electron chi connectivity index (χ0n) is 16.6. The number of benzene rings is 1. The van der Waals surface area contributed by atoms with Crippen molar-refractivity contribution in [2.24, 2.45) is 0 Å². The van der Waals surface area contributed by atoms with Crippen LogP contribution in [0.15, 0.2) is 30.3 Å². The van der Waals surface area contributed by atoms with Gasteiger partial charge in [0, 0.05) is 17.5 Å². The van der Waals surface area contributed by atoms with Crippen molar-refractivity contribution < 1.29 is 14.3 Å². The fourth-order valence-corrected chi connectivity index (χ4v) is 4.39. The van der Waals surface area contributed by atoms with E-state index in [0.29, 0.717) is 11.5 Å². The van der Waals surface area contributed by atoms with Gasteiger partial charge in [0.1, 0.15) is 11.4 Å². The standard InChI is InChI=1S/C23H26O3S/c1-6-7-20(24)25-21-13-11-17(27-21)10-8-16-9-12-19-18(14-16)22(2,3)15-23(4,5)26-19/h9,11-14H,6-7,15H2,1-5H3. The second kappa shape index (κ2) is 7.40. The van der Waals surface area contributed by atoms with Crippen LogP contribution in [0.25, 0.3) is 0 Å². The number of fused-ring (bicyclic) bond motifs is 1. The van der Waals surface area contributed by atoms with E-state index in [1.807, 2.05) is 25.1 Å². The Kier molecular flexibility index (Phi) is 5.35.